The van der Waals surface area contributed by atoms with E-state index in [1.807, 2.05) is 0 Å². The molecule has 0 spiro atoms. The van der Waals surface area contributed by atoms with Crippen LogP contribution in [0.4, 0.5) is 5.82 Å². The number of H-pyrrole nitrogens is 1. The van der Waals surface area contributed by atoms with E-state index < -0.39 is 0 Å². The normalized spacial score (nSPS) is 12.7. The number of rotatable bonds is 4. The largest absolute Gasteiger partial charge is 0.355 e. The number of likely N-dealkylation sites (N-methyl/N-ethyl adjacent to an activating group) is 1. The molecule has 0 radical (unpaired) electrons. The summed E-state index contributed by atoms with van der Waals surface area (Å²) in [6.07, 6.45) is 4.21. The average molecular weight is 273 g/mol. The van der Waals surface area contributed by atoms with Crippen LogP contribution in [-0.4, -0.2) is 33.0 Å². The van der Waals surface area contributed by atoms with Crippen molar-refractivity contribution in [3.05, 3.63) is 35.0 Å². The molecule has 0 saturated carbocycles. The van der Waals surface area contributed by atoms with Crippen LogP contribution in [0.1, 0.15) is 12.5 Å². The Morgan fingerprint density at radius 3 is 3.05 bits per heavy atom. The van der Waals surface area contributed by atoms with Gasteiger partial charge in [0.1, 0.15) is 11.8 Å². The highest BCUT2D eigenvalue weighted by Crippen LogP contribution is 2.21. The topological polar surface area (TPSA) is 57.7 Å². The molecule has 3 rings (SSSR count). The van der Waals surface area contributed by atoms with Crippen molar-refractivity contribution >= 4 is 28.3 Å². The zero-order valence-electron chi connectivity index (χ0n) is 10.9. The number of nitrogens with zero attached hydrogens (tertiary/aromatic N) is 4. The number of aromatic nitrogens is 4. The van der Waals surface area contributed by atoms with E-state index in [1.165, 1.54) is 5.56 Å². The number of imidazole rings is 1. The average Bonchev–Trinajstić information content (AvgIpc) is 3.07. The van der Waals surface area contributed by atoms with Gasteiger partial charge >= 0.3 is 0 Å². The molecule has 98 valence electrons. The summed E-state index contributed by atoms with van der Waals surface area (Å²) in [5.74, 6) is 0.894. The second-order valence-corrected chi connectivity index (χ2v) is 5.37. The summed E-state index contributed by atoms with van der Waals surface area (Å²) < 4.78 is 0. The van der Waals surface area contributed by atoms with E-state index in [4.69, 9.17) is 0 Å². The molecule has 1 unspecified atom stereocenters. The Hall–Kier alpha value is -1.95. The Bertz CT molecular complexity index is 661. The van der Waals surface area contributed by atoms with Crippen LogP contribution in [0.3, 0.4) is 0 Å². The van der Waals surface area contributed by atoms with Gasteiger partial charge in [0.2, 0.25) is 0 Å². The van der Waals surface area contributed by atoms with Gasteiger partial charge in [-0.25, -0.2) is 15.0 Å². The minimum absolute atomic E-state index is 0.357. The van der Waals surface area contributed by atoms with Crippen molar-refractivity contribution in [2.75, 3.05) is 11.9 Å². The highest BCUT2D eigenvalue weighted by molar-refractivity contribution is 7.07. The summed E-state index contributed by atoms with van der Waals surface area (Å²) in [7, 11) is 2.06. The molecule has 3 heterocycles. The molecule has 0 bridgehead atoms. The number of nitrogens with one attached hydrogen (secondary N) is 1. The molecule has 5 nitrogen and oxygen atoms in total. The maximum atomic E-state index is 4.38. The van der Waals surface area contributed by atoms with Crippen LogP contribution in [0.25, 0.3) is 11.2 Å². The minimum atomic E-state index is 0.357. The van der Waals surface area contributed by atoms with Crippen molar-refractivity contribution in [2.24, 2.45) is 0 Å². The van der Waals surface area contributed by atoms with E-state index >= 15 is 0 Å². The summed E-state index contributed by atoms with van der Waals surface area (Å²) in [4.78, 5) is 18.0. The van der Waals surface area contributed by atoms with Gasteiger partial charge in [-0.05, 0) is 35.7 Å². The lowest BCUT2D eigenvalue weighted by Gasteiger charge is -2.25. The molecule has 3 aromatic rings. The van der Waals surface area contributed by atoms with Crippen molar-refractivity contribution in [3.63, 3.8) is 0 Å². The lowest BCUT2D eigenvalue weighted by molar-refractivity contribution is 0.677. The van der Waals surface area contributed by atoms with Crippen LogP contribution >= 0.6 is 11.3 Å². The Morgan fingerprint density at radius 2 is 2.26 bits per heavy atom. The van der Waals surface area contributed by atoms with Crippen LogP contribution in [-0.2, 0) is 6.42 Å². The number of thiophene rings is 1. The van der Waals surface area contributed by atoms with E-state index in [1.54, 1.807) is 24.0 Å². The van der Waals surface area contributed by atoms with Crippen LogP contribution < -0.4 is 4.90 Å². The maximum absolute atomic E-state index is 4.38. The van der Waals surface area contributed by atoms with Crippen molar-refractivity contribution in [2.45, 2.75) is 19.4 Å². The quantitative estimate of drug-likeness (QED) is 0.793. The molecule has 0 saturated heterocycles. The third kappa shape index (κ3) is 2.31. The number of hydrogen-bond donors (Lipinski definition) is 1. The van der Waals surface area contributed by atoms with E-state index in [0.717, 1.165) is 17.8 Å². The number of aromatic amines is 1. The van der Waals surface area contributed by atoms with E-state index in [2.05, 4.69) is 55.6 Å². The maximum Gasteiger partial charge on any atom is 0.182 e. The second kappa shape index (κ2) is 4.97. The first kappa shape index (κ1) is 12.1. The van der Waals surface area contributed by atoms with Gasteiger partial charge in [-0.15, -0.1) is 0 Å². The van der Waals surface area contributed by atoms with Crippen LogP contribution in [0.5, 0.6) is 0 Å². The third-order valence-electron chi connectivity index (χ3n) is 3.31. The van der Waals surface area contributed by atoms with Crippen molar-refractivity contribution in [1.82, 2.24) is 19.9 Å². The van der Waals surface area contributed by atoms with Crippen molar-refractivity contribution in [3.8, 4) is 0 Å². The van der Waals surface area contributed by atoms with Gasteiger partial charge in [-0.1, -0.05) is 0 Å². The fraction of sp³-hybridized carbons (Fsp3) is 0.308. The molecule has 1 N–H and O–H groups in total. The lowest BCUT2D eigenvalue weighted by Crippen LogP contribution is -2.31. The summed E-state index contributed by atoms with van der Waals surface area (Å²) in [5.41, 5.74) is 2.96. The van der Waals surface area contributed by atoms with Gasteiger partial charge < -0.3 is 9.88 Å². The summed E-state index contributed by atoms with van der Waals surface area (Å²) >= 11 is 1.73. The molecule has 0 aliphatic rings. The van der Waals surface area contributed by atoms with Gasteiger partial charge in [0, 0.05) is 13.1 Å². The molecule has 0 amide bonds. The SMILES string of the molecule is CC(Cc1ccsc1)N(C)c1ncnc2nc[nH]c12. The highest BCUT2D eigenvalue weighted by atomic mass is 32.1. The lowest BCUT2D eigenvalue weighted by atomic mass is 10.1. The predicted octanol–water partition coefficient (Wildman–Crippen LogP) is 2.48. The number of hydrogen-bond acceptors (Lipinski definition) is 5. The molecular formula is C13H15N5S. The molecule has 6 heteroatoms. The van der Waals surface area contributed by atoms with E-state index in [-0.39, 0.29) is 0 Å². The fourth-order valence-electron chi connectivity index (χ4n) is 2.12. The number of fused-ring (bicyclic) bond motifs is 1. The standard InChI is InChI=1S/C13H15N5S/c1-9(5-10-3-4-19-6-10)18(2)13-11-12(15-7-14-11)16-8-17-13/h3-4,6-9H,5H2,1-2H3,(H,14,15,16,17). The van der Waals surface area contributed by atoms with Gasteiger partial charge in [-0.3, -0.25) is 0 Å². The Morgan fingerprint density at radius 1 is 1.37 bits per heavy atom. The molecule has 0 fully saturated rings. The van der Waals surface area contributed by atoms with Crippen LogP contribution in [0, 0.1) is 0 Å². The first-order valence-corrected chi connectivity index (χ1v) is 7.08. The summed E-state index contributed by atoms with van der Waals surface area (Å²) in [5, 5.41) is 4.30. The van der Waals surface area contributed by atoms with E-state index in [9.17, 15) is 0 Å². The predicted molar refractivity (Wildman–Crippen MR) is 77.6 cm³/mol. The van der Waals surface area contributed by atoms with Crippen LogP contribution in [0.2, 0.25) is 0 Å². The molecule has 19 heavy (non-hydrogen) atoms. The summed E-state index contributed by atoms with van der Waals surface area (Å²) in [6, 6.07) is 2.52. The Labute approximate surface area is 115 Å². The van der Waals surface area contributed by atoms with Crippen molar-refractivity contribution in [1.29, 1.82) is 0 Å². The van der Waals surface area contributed by atoms with Gasteiger partial charge in [-0.2, -0.15) is 11.3 Å². The molecule has 0 aliphatic carbocycles. The second-order valence-electron chi connectivity index (χ2n) is 4.59. The first-order chi connectivity index (χ1) is 9.25. The van der Waals surface area contributed by atoms with Gasteiger partial charge in [0.25, 0.3) is 0 Å². The monoisotopic (exact) mass is 273 g/mol. The minimum Gasteiger partial charge on any atom is -0.355 e. The Kier molecular flexibility index (Phi) is 3.16. The first-order valence-electron chi connectivity index (χ1n) is 6.13. The fourth-order valence-corrected chi connectivity index (χ4v) is 2.80. The van der Waals surface area contributed by atoms with Gasteiger partial charge in [0.15, 0.2) is 11.5 Å². The number of anilines is 1. The summed E-state index contributed by atoms with van der Waals surface area (Å²) in [6.45, 7) is 2.20. The molecule has 0 aliphatic heterocycles. The molecule has 3 aromatic heterocycles. The van der Waals surface area contributed by atoms with Gasteiger partial charge in [0.05, 0.1) is 6.33 Å². The smallest absolute Gasteiger partial charge is 0.182 e. The van der Waals surface area contributed by atoms with Crippen LogP contribution in [0.15, 0.2) is 29.5 Å². The third-order valence-corrected chi connectivity index (χ3v) is 4.04. The van der Waals surface area contributed by atoms with Crippen molar-refractivity contribution < 1.29 is 0 Å². The Balaban J connectivity index is 1.86. The molecule has 1 atom stereocenters. The highest BCUT2D eigenvalue weighted by Gasteiger charge is 2.16. The zero-order valence-corrected chi connectivity index (χ0v) is 11.7. The molecular weight excluding hydrogens is 258 g/mol. The zero-order chi connectivity index (χ0) is 13.2. The van der Waals surface area contributed by atoms with E-state index in [0.29, 0.717) is 11.7 Å². The molecule has 0 aromatic carbocycles.